The second-order valence-electron chi connectivity index (χ2n) is 7.18. The van der Waals surface area contributed by atoms with Crippen molar-refractivity contribution in [3.63, 3.8) is 0 Å². The molecule has 0 unspecified atom stereocenters. The second-order valence-corrected chi connectivity index (χ2v) is 8.29. The van der Waals surface area contributed by atoms with E-state index in [2.05, 4.69) is 5.32 Å². The molecule has 3 heterocycles. The average Bonchev–Trinajstić information content (AvgIpc) is 3.23. The van der Waals surface area contributed by atoms with E-state index in [1.54, 1.807) is 17.0 Å². The van der Waals surface area contributed by atoms with Gasteiger partial charge in [-0.1, -0.05) is 12.1 Å². The highest BCUT2D eigenvalue weighted by molar-refractivity contribution is 7.17. The Hall–Kier alpha value is -3.53. The first-order chi connectivity index (χ1) is 14.8. The van der Waals surface area contributed by atoms with E-state index in [9.17, 15) is 24.0 Å². The number of ether oxygens (including phenoxy) is 1. The number of amides is 4. The van der Waals surface area contributed by atoms with Gasteiger partial charge >= 0.3 is 5.97 Å². The number of nitrogens with one attached hydrogen (secondary N) is 1. The van der Waals surface area contributed by atoms with Gasteiger partial charge in [0.05, 0.1) is 30.3 Å². The Morgan fingerprint density at radius 2 is 1.77 bits per heavy atom. The first-order valence-electron chi connectivity index (χ1n) is 9.55. The molecule has 2 aromatic rings. The topological polar surface area (TPSA) is 113 Å². The molecule has 0 saturated carbocycles. The van der Waals surface area contributed by atoms with Crippen molar-refractivity contribution >= 4 is 45.9 Å². The van der Waals surface area contributed by atoms with Gasteiger partial charge in [0, 0.05) is 18.3 Å². The molecule has 31 heavy (non-hydrogen) atoms. The molecular formula is C21H19N3O6S. The maximum atomic E-state index is 12.7. The van der Waals surface area contributed by atoms with Crippen LogP contribution in [0.2, 0.25) is 0 Å². The first-order valence-corrected chi connectivity index (χ1v) is 10.4. The van der Waals surface area contributed by atoms with Gasteiger partial charge in [-0.2, -0.15) is 0 Å². The van der Waals surface area contributed by atoms with Crippen LogP contribution in [-0.4, -0.2) is 59.6 Å². The molecular weight excluding hydrogens is 422 g/mol. The lowest BCUT2D eigenvalue weighted by molar-refractivity contribution is -0.129. The van der Waals surface area contributed by atoms with E-state index in [-0.39, 0.29) is 27.6 Å². The molecule has 0 aliphatic carbocycles. The molecule has 9 nitrogen and oxygen atoms in total. The van der Waals surface area contributed by atoms with E-state index >= 15 is 0 Å². The van der Waals surface area contributed by atoms with Crippen molar-refractivity contribution < 1.29 is 28.7 Å². The molecule has 4 rings (SSSR count). The number of esters is 1. The molecule has 160 valence electrons. The van der Waals surface area contributed by atoms with Gasteiger partial charge in [0.25, 0.3) is 11.8 Å². The molecule has 1 aromatic heterocycles. The normalized spacial score (nSPS) is 14.9. The number of carbonyl (C=O) groups is 5. The minimum atomic E-state index is -0.610. The Kier molecular flexibility index (Phi) is 5.32. The maximum Gasteiger partial charge on any atom is 0.341 e. The summed E-state index contributed by atoms with van der Waals surface area (Å²) >= 11 is 1.19. The Morgan fingerprint density at radius 3 is 2.35 bits per heavy atom. The quantitative estimate of drug-likeness (QED) is 0.571. The summed E-state index contributed by atoms with van der Waals surface area (Å²) in [4.78, 5) is 65.1. The lowest BCUT2D eigenvalue weighted by atomic mass is 10.0. The second kappa shape index (κ2) is 7.95. The molecule has 0 radical (unpaired) electrons. The van der Waals surface area contributed by atoms with Crippen LogP contribution in [0.15, 0.2) is 24.3 Å². The number of anilines is 1. The number of nitrogens with zero attached hydrogens (tertiary/aromatic N) is 2. The van der Waals surface area contributed by atoms with E-state index < -0.39 is 30.2 Å². The van der Waals surface area contributed by atoms with Crippen LogP contribution >= 0.6 is 11.3 Å². The lowest BCUT2D eigenvalue weighted by Crippen LogP contribution is -2.37. The Labute approximate surface area is 181 Å². The standard InChI is InChI=1S/C21H19N3O6S/c1-11(25)23-8-7-14-15(9-23)31-18(17(14)21(29)30-2)22-16(26)10-24-19(27)12-5-3-4-6-13(12)20(24)28/h3-6H,7-10H2,1-2H3,(H,22,26). The van der Waals surface area contributed by atoms with Crippen molar-refractivity contribution in [1.29, 1.82) is 0 Å². The predicted molar refractivity (Wildman–Crippen MR) is 111 cm³/mol. The summed E-state index contributed by atoms with van der Waals surface area (Å²) in [6, 6.07) is 6.38. The number of hydrogen-bond acceptors (Lipinski definition) is 7. The smallest absolute Gasteiger partial charge is 0.341 e. The first kappa shape index (κ1) is 20.7. The molecule has 10 heteroatoms. The highest BCUT2D eigenvalue weighted by Gasteiger charge is 2.37. The zero-order valence-corrected chi connectivity index (χ0v) is 17.7. The molecule has 4 amide bonds. The Morgan fingerprint density at radius 1 is 1.13 bits per heavy atom. The van der Waals surface area contributed by atoms with Crippen molar-refractivity contribution in [2.75, 3.05) is 25.5 Å². The summed E-state index contributed by atoms with van der Waals surface area (Å²) in [5.41, 5.74) is 1.50. The molecule has 0 spiro atoms. The van der Waals surface area contributed by atoms with Crippen LogP contribution in [0.25, 0.3) is 0 Å². The summed E-state index contributed by atoms with van der Waals surface area (Å²) in [5.74, 6) is -2.35. The fourth-order valence-electron chi connectivity index (χ4n) is 3.77. The van der Waals surface area contributed by atoms with Gasteiger partial charge in [0.2, 0.25) is 11.8 Å². The minimum absolute atomic E-state index is 0.0742. The van der Waals surface area contributed by atoms with Gasteiger partial charge in [0.1, 0.15) is 11.5 Å². The third-order valence-corrected chi connectivity index (χ3v) is 6.46. The van der Waals surface area contributed by atoms with Crippen LogP contribution in [0.5, 0.6) is 0 Å². The SMILES string of the molecule is COC(=O)c1c(NC(=O)CN2C(=O)c3ccccc3C2=O)sc2c1CCN(C(C)=O)C2. The lowest BCUT2D eigenvalue weighted by Gasteiger charge is -2.25. The summed E-state index contributed by atoms with van der Waals surface area (Å²) in [7, 11) is 1.25. The molecule has 2 aliphatic heterocycles. The highest BCUT2D eigenvalue weighted by Crippen LogP contribution is 2.37. The third-order valence-electron chi connectivity index (χ3n) is 5.32. The van der Waals surface area contributed by atoms with Crippen molar-refractivity contribution in [1.82, 2.24) is 9.80 Å². The van der Waals surface area contributed by atoms with E-state index in [4.69, 9.17) is 4.74 Å². The van der Waals surface area contributed by atoms with E-state index in [1.807, 2.05) is 0 Å². The van der Waals surface area contributed by atoms with Gasteiger partial charge in [-0.25, -0.2) is 4.79 Å². The zero-order valence-electron chi connectivity index (χ0n) is 16.9. The number of thiophene rings is 1. The summed E-state index contributed by atoms with van der Waals surface area (Å²) in [6.45, 7) is 1.80. The monoisotopic (exact) mass is 441 g/mol. The zero-order chi connectivity index (χ0) is 22.3. The van der Waals surface area contributed by atoms with Crippen LogP contribution in [0.1, 0.15) is 48.4 Å². The van der Waals surface area contributed by atoms with E-state index in [0.717, 1.165) is 15.3 Å². The van der Waals surface area contributed by atoms with E-state index in [0.29, 0.717) is 19.5 Å². The van der Waals surface area contributed by atoms with Crippen LogP contribution in [0.4, 0.5) is 5.00 Å². The molecule has 0 bridgehead atoms. The maximum absolute atomic E-state index is 12.7. The number of carbonyl (C=O) groups excluding carboxylic acids is 5. The molecule has 0 fully saturated rings. The highest BCUT2D eigenvalue weighted by atomic mass is 32.1. The molecule has 1 aromatic carbocycles. The summed E-state index contributed by atoms with van der Waals surface area (Å²) < 4.78 is 4.88. The summed E-state index contributed by atoms with van der Waals surface area (Å²) in [5, 5.41) is 2.93. The minimum Gasteiger partial charge on any atom is -0.465 e. The van der Waals surface area contributed by atoms with E-state index in [1.165, 1.54) is 37.5 Å². The van der Waals surface area contributed by atoms with Crippen LogP contribution < -0.4 is 5.32 Å². The average molecular weight is 441 g/mol. The van der Waals surface area contributed by atoms with Gasteiger partial charge in [-0.05, 0) is 24.1 Å². The number of fused-ring (bicyclic) bond motifs is 2. The van der Waals surface area contributed by atoms with Gasteiger partial charge < -0.3 is 15.0 Å². The Bertz CT molecular complexity index is 1100. The number of benzene rings is 1. The van der Waals surface area contributed by atoms with Crippen molar-refractivity contribution in [3.8, 4) is 0 Å². The van der Waals surface area contributed by atoms with Gasteiger partial charge in [0.15, 0.2) is 0 Å². The van der Waals surface area contributed by atoms with Crippen molar-refractivity contribution in [3.05, 3.63) is 51.4 Å². The van der Waals surface area contributed by atoms with Crippen LogP contribution in [-0.2, 0) is 27.3 Å². The summed E-state index contributed by atoms with van der Waals surface area (Å²) in [6.07, 6.45) is 0.462. The fraction of sp³-hybridized carbons (Fsp3) is 0.286. The van der Waals surface area contributed by atoms with Crippen molar-refractivity contribution in [2.24, 2.45) is 0 Å². The number of methoxy groups -OCH3 is 1. The third kappa shape index (κ3) is 3.59. The molecule has 0 saturated heterocycles. The van der Waals surface area contributed by atoms with Gasteiger partial charge in [-0.15, -0.1) is 11.3 Å². The number of imide groups is 1. The molecule has 1 N–H and O–H groups in total. The van der Waals surface area contributed by atoms with Gasteiger partial charge in [-0.3, -0.25) is 24.1 Å². The van der Waals surface area contributed by atoms with Crippen LogP contribution in [0, 0.1) is 0 Å². The predicted octanol–water partition coefficient (Wildman–Crippen LogP) is 1.67. The number of rotatable bonds is 4. The van der Waals surface area contributed by atoms with Crippen LogP contribution in [0.3, 0.4) is 0 Å². The molecule has 2 aliphatic rings. The fourth-order valence-corrected chi connectivity index (χ4v) is 5.04. The Balaban J connectivity index is 1.56. The van der Waals surface area contributed by atoms with Crippen molar-refractivity contribution in [2.45, 2.75) is 19.9 Å². The molecule has 0 atom stereocenters. The number of hydrogen-bond donors (Lipinski definition) is 1. The largest absolute Gasteiger partial charge is 0.465 e.